The first-order valence-corrected chi connectivity index (χ1v) is 7.34. The smallest absolute Gasteiger partial charge is 0.142 e. The Morgan fingerprint density at radius 2 is 1.59 bits per heavy atom. The minimum Gasteiger partial charge on any atom is -0.497 e. The largest absolute Gasteiger partial charge is 0.497 e. The minimum absolute atomic E-state index is 0.185. The number of hydrogen-bond acceptors (Lipinski definition) is 4. The van der Waals surface area contributed by atoms with Crippen LogP contribution in [0.3, 0.4) is 0 Å². The molecule has 0 amide bonds. The number of nitrogens with one attached hydrogen (secondary N) is 1. The number of anilines is 1. The molecule has 0 heterocycles. The van der Waals surface area contributed by atoms with E-state index in [2.05, 4.69) is 17.4 Å². The topological polar surface area (TPSA) is 39.7 Å². The van der Waals surface area contributed by atoms with Gasteiger partial charge in [-0.15, -0.1) is 0 Å². The van der Waals surface area contributed by atoms with Crippen molar-refractivity contribution in [1.82, 2.24) is 0 Å². The average molecular weight is 301 g/mol. The van der Waals surface area contributed by atoms with Gasteiger partial charge >= 0.3 is 0 Å². The van der Waals surface area contributed by atoms with Crippen LogP contribution in [0.1, 0.15) is 19.4 Å². The third kappa shape index (κ3) is 4.32. The molecular weight excluding hydrogens is 278 g/mol. The van der Waals surface area contributed by atoms with Gasteiger partial charge in [-0.25, -0.2) is 0 Å². The third-order valence-electron chi connectivity index (χ3n) is 3.18. The minimum atomic E-state index is 0.185. The zero-order valence-corrected chi connectivity index (χ0v) is 13.6. The van der Waals surface area contributed by atoms with Crippen molar-refractivity contribution in [2.45, 2.75) is 26.5 Å². The van der Waals surface area contributed by atoms with Crippen LogP contribution >= 0.6 is 0 Å². The lowest BCUT2D eigenvalue weighted by Gasteiger charge is -2.13. The fourth-order valence-corrected chi connectivity index (χ4v) is 2.11. The molecule has 1 N–H and O–H groups in total. The summed E-state index contributed by atoms with van der Waals surface area (Å²) >= 11 is 0. The van der Waals surface area contributed by atoms with Crippen molar-refractivity contribution in [3.05, 3.63) is 48.0 Å². The quantitative estimate of drug-likeness (QED) is 0.835. The Labute approximate surface area is 132 Å². The summed E-state index contributed by atoms with van der Waals surface area (Å²) in [6.07, 6.45) is 0.185. The van der Waals surface area contributed by atoms with Crippen molar-refractivity contribution in [3.63, 3.8) is 0 Å². The van der Waals surface area contributed by atoms with Crippen LogP contribution in [-0.2, 0) is 6.54 Å². The zero-order chi connectivity index (χ0) is 15.9. The van der Waals surface area contributed by atoms with Crippen molar-refractivity contribution >= 4 is 5.69 Å². The fraction of sp³-hybridized carbons (Fsp3) is 0.333. The summed E-state index contributed by atoms with van der Waals surface area (Å²) in [6.45, 7) is 4.74. The summed E-state index contributed by atoms with van der Waals surface area (Å²) in [5.41, 5.74) is 2.07. The van der Waals surface area contributed by atoms with Gasteiger partial charge in [-0.2, -0.15) is 0 Å². The molecule has 0 saturated heterocycles. The predicted octanol–water partition coefficient (Wildman–Crippen LogP) is 4.10. The molecule has 0 unspecified atom stereocenters. The highest BCUT2D eigenvalue weighted by Crippen LogP contribution is 2.29. The van der Waals surface area contributed by atoms with Crippen molar-refractivity contribution in [2.75, 3.05) is 19.5 Å². The first kappa shape index (κ1) is 16.0. The van der Waals surface area contributed by atoms with E-state index in [1.54, 1.807) is 14.2 Å². The maximum Gasteiger partial charge on any atom is 0.142 e. The van der Waals surface area contributed by atoms with E-state index in [1.165, 1.54) is 5.56 Å². The number of rotatable bonds is 7. The SMILES string of the molecule is COc1ccc(OC)c(NCc2ccc(OC(C)C)cc2)c1. The number of methoxy groups -OCH3 is 2. The van der Waals surface area contributed by atoms with E-state index in [0.717, 1.165) is 22.9 Å². The highest BCUT2D eigenvalue weighted by Gasteiger charge is 2.05. The third-order valence-corrected chi connectivity index (χ3v) is 3.18. The summed E-state index contributed by atoms with van der Waals surface area (Å²) in [6, 6.07) is 13.8. The van der Waals surface area contributed by atoms with Crippen LogP contribution in [0.2, 0.25) is 0 Å². The Morgan fingerprint density at radius 3 is 2.18 bits per heavy atom. The molecule has 4 nitrogen and oxygen atoms in total. The van der Waals surface area contributed by atoms with Crippen LogP contribution in [0.15, 0.2) is 42.5 Å². The molecule has 2 aromatic rings. The van der Waals surface area contributed by atoms with Gasteiger partial charge in [0, 0.05) is 12.6 Å². The lowest BCUT2D eigenvalue weighted by Crippen LogP contribution is -2.06. The Hall–Kier alpha value is -2.36. The molecule has 0 bridgehead atoms. The summed E-state index contributed by atoms with van der Waals surface area (Å²) in [4.78, 5) is 0. The molecule has 0 aromatic heterocycles. The van der Waals surface area contributed by atoms with Gasteiger partial charge in [0.15, 0.2) is 0 Å². The first-order valence-electron chi connectivity index (χ1n) is 7.34. The van der Waals surface area contributed by atoms with E-state index >= 15 is 0 Å². The number of benzene rings is 2. The molecule has 4 heteroatoms. The molecule has 2 aromatic carbocycles. The van der Waals surface area contributed by atoms with E-state index in [0.29, 0.717) is 6.54 Å². The molecule has 0 aliphatic rings. The Morgan fingerprint density at radius 1 is 0.909 bits per heavy atom. The highest BCUT2D eigenvalue weighted by molar-refractivity contribution is 5.60. The van der Waals surface area contributed by atoms with Gasteiger partial charge in [0.2, 0.25) is 0 Å². The molecule has 22 heavy (non-hydrogen) atoms. The molecule has 0 atom stereocenters. The second kappa shape index (κ2) is 7.59. The molecule has 0 aliphatic carbocycles. The van der Waals surface area contributed by atoms with Gasteiger partial charge in [-0.05, 0) is 43.7 Å². The van der Waals surface area contributed by atoms with E-state index in [1.807, 2.05) is 44.2 Å². The van der Waals surface area contributed by atoms with Gasteiger partial charge in [0.1, 0.15) is 17.2 Å². The number of hydrogen-bond donors (Lipinski definition) is 1. The average Bonchev–Trinajstić information content (AvgIpc) is 2.53. The monoisotopic (exact) mass is 301 g/mol. The fourth-order valence-electron chi connectivity index (χ4n) is 2.11. The summed E-state index contributed by atoms with van der Waals surface area (Å²) < 4.78 is 16.2. The molecule has 0 spiro atoms. The van der Waals surface area contributed by atoms with Gasteiger partial charge in [-0.1, -0.05) is 12.1 Å². The predicted molar refractivity (Wildman–Crippen MR) is 89.1 cm³/mol. The number of ether oxygens (including phenoxy) is 3. The van der Waals surface area contributed by atoms with Crippen LogP contribution in [0, 0.1) is 0 Å². The van der Waals surface area contributed by atoms with Crippen LogP contribution in [-0.4, -0.2) is 20.3 Å². The highest BCUT2D eigenvalue weighted by atomic mass is 16.5. The van der Waals surface area contributed by atoms with E-state index in [-0.39, 0.29) is 6.10 Å². The van der Waals surface area contributed by atoms with Crippen molar-refractivity contribution in [2.24, 2.45) is 0 Å². The van der Waals surface area contributed by atoms with Crippen LogP contribution in [0.5, 0.6) is 17.2 Å². The van der Waals surface area contributed by atoms with E-state index < -0.39 is 0 Å². The molecule has 2 rings (SSSR count). The van der Waals surface area contributed by atoms with Gasteiger partial charge < -0.3 is 19.5 Å². The summed E-state index contributed by atoms with van der Waals surface area (Å²) in [5.74, 6) is 2.47. The second-order valence-corrected chi connectivity index (χ2v) is 5.23. The molecule has 0 saturated carbocycles. The van der Waals surface area contributed by atoms with E-state index in [9.17, 15) is 0 Å². The van der Waals surface area contributed by atoms with Crippen LogP contribution < -0.4 is 19.5 Å². The van der Waals surface area contributed by atoms with Crippen LogP contribution in [0.25, 0.3) is 0 Å². The molecule has 118 valence electrons. The van der Waals surface area contributed by atoms with Gasteiger partial charge in [0.25, 0.3) is 0 Å². The molecule has 0 radical (unpaired) electrons. The zero-order valence-electron chi connectivity index (χ0n) is 13.6. The molecule has 0 fully saturated rings. The normalized spacial score (nSPS) is 10.4. The Balaban J connectivity index is 2.03. The Bertz CT molecular complexity index is 594. The van der Waals surface area contributed by atoms with Gasteiger partial charge in [-0.3, -0.25) is 0 Å². The van der Waals surface area contributed by atoms with Crippen molar-refractivity contribution < 1.29 is 14.2 Å². The summed E-state index contributed by atoms with van der Waals surface area (Å²) in [5, 5.41) is 3.37. The molecular formula is C18H23NO3. The maximum absolute atomic E-state index is 5.64. The first-order chi connectivity index (χ1) is 10.6. The second-order valence-electron chi connectivity index (χ2n) is 5.23. The van der Waals surface area contributed by atoms with Gasteiger partial charge in [0.05, 0.1) is 26.0 Å². The van der Waals surface area contributed by atoms with Crippen LogP contribution in [0.4, 0.5) is 5.69 Å². The lowest BCUT2D eigenvalue weighted by atomic mass is 10.2. The lowest BCUT2D eigenvalue weighted by molar-refractivity contribution is 0.242. The molecule has 0 aliphatic heterocycles. The standard InChI is InChI=1S/C18H23NO3/c1-13(2)22-15-7-5-14(6-8-15)12-19-17-11-16(20-3)9-10-18(17)21-4/h5-11,13,19H,12H2,1-4H3. The maximum atomic E-state index is 5.64. The van der Waals surface area contributed by atoms with Crippen molar-refractivity contribution in [3.8, 4) is 17.2 Å². The van der Waals surface area contributed by atoms with E-state index in [4.69, 9.17) is 14.2 Å². The Kier molecular flexibility index (Phi) is 5.53. The van der Waals surface area contributed by atoms with Crippen molar-refractivity contribution in [1.29, 1.82) is 0 Å². The summed E-state index contributed by atoms with van der Waals surface area (Å²) in [7, 11) is 3.31.